The highest BCUT2D eigenvalue weighted by Gasteiger charge is 2.16. The van der Waals surface area contributed by atoms with E-state index in [0.717, 1.165) is 6.42 Å². The van der Waals surface area contributed by atoms with Crippen LogP contribution < -0.4 is 9.62 Å². The van der Waals surface area contributed by atoms with Gasteiger partial charge in [0.05, 0.1) is 11.9 Å². The van der Waals surface area contributed by atoms with Crippen LogP contribution in [0.1, 0.15) is 26.2 Å². The van der Waals surface area contributed by atoms with Gasteiger partial charge in [-0.3, -0.25) is 9.10 Å². The molecule has 0 saturated carbocycles. The third-order valence-corrected chi connectivity index (χ3v) is 3.98. The molecule has 1 rings (SSSR count). The Bertz CT molecular complexity index is 514. The van der Waals surface area contributed by atoms with Crippen LogP contribution in [0.4, 0.5) is 5.69 Å². The number of carbonyl (C=O) groups is 1. The highest BCUT2D eigenvalue weighted by atomic mass is 32.2. The van der Waals surface area contributed by atoms with Gasteiger partial charge in [0.2, 0.25) is 15.9 Å². The average molecular weight is 298 g/mol. The van der Waals surface area contributed by atoms with Gasteiger partial charge in [0.25, 0.3) is 0 Å². The van der Waals surface area contributed by atoms with Crippen LogP contribution in [-0.2, 0) is 14.8 Å². The summed E-state index contributed by atoms with van der Waals surface area (Å²) in [5, 5.41) is 2.78. The molecule has 0 fully saturated rings. The lowest BCUT2D eigenvalue weighted by Gasteiger charge is -2.22. The highest BCUT2D eigenvalue weighted by Crippen LogP contribution is 2.17. The molecule has 0 atom stereocenters. The fraction of sp³-hybridized carbons (Fsp3) is 0.500. The van der Waals surface area contributed by atoms with Crippen molar-refractivity contribution in [1.29, 1.82) is 0 Å². The van der Waals surface area contributed by atoms with Gasteiger partial charge in [0.1, 0.15) is 0 Å². The largest absolute Gasteiger partial charge is 0.356 e. The molecule has 5 nitrogen and oxygen atoms in total. The molecule has 0 bridgehead atoms. The molecule has 0 aliphatic rings. The number of para-hydroxylation sites is 1. The zero-order chi connectivity index (χ0) is 15.0. The first-order valence-electron chi connectivity index (χ1n) is 6.74. The van der Waals surface area contributed by atoms with Gasteiger partial charge >= 0.3 is 0 Å². The molecule has 0 heterocycles. The number of hydrogen-bond donors (Lipinski definition) is 1. The van der Waals surface area contributed by atoms with Crippen molar-refractivity contribution in [2.75, 3.05) is 23.7 Å². The molecule has 1 N–H and O–H groups in total. The quantitative estimate of drug-likeness (QED) is 0.795. The van der Waals surface area contributed by atoms with E-state index in [2.05, 4.69) is 5.32 Å². The lowest BCUT2D eigenvalue weighted by atomic mass is 10.2. The van der Waals surface area contributed by atoms with E-state index >= 15 is 0 Å². The summed E-state index contributed by atoms with van der Waals surface area (Å²) >= 11 is 0. The van der Waals surface area contributed by atoms with Crippen molar-refractivity contribution in [3.8, 4) is 0 Å². The van der Waals surface area contributed by atoms with Crippen LogP contribution in [0, 0.1) is 0 Å². The van der Waals surface area contributed by atoms with E-state index < -0.39 is 10.0 Å². The van der Waals surface area contributed by atoms with Gasteiger partial charge in [0.15, 0.2) is 0 Å². The van der Waals surface area contributed by atoms with Gasteiger partial charge in [-0.15, -0.1) is 0 Å². The molecule has 0 aliphatic carbocycles. The monoisotopic (exact) mass is 298 g/mol. The van der Waals surface area contributed by atoms with Crippen LogP contribution in [0.5, 0.6) is 0 Å². The first kappa shape index (κ1) is 16.5. The summed E-state index contributed by atoms with van der Waals surface area (Å²) in [5.41, 5.74) is 0.629. The zero-order valence-electron chi connectivity index (χ0n) is 12.0. The van der Waals surface area contributed by atoms with E-state index in [1.165, 1.54) is 10.6 Å². The fourth-order valence-electron chi connectivity index (χ4n) is 1.82. The standard InChI is InChI=1S/C14H22N2O3S/c1-3-11-15-14(17)10-7-12-16(20(2,18)19)13-8-5-4-6-9-13/h4-6,8-9H,3,7,10-12H2,1-2H3,(H,15,17). The van der Waals surface area contributed by atoms with Gasteiger partial charge in [-0.25, -0.2) is 8.42 Å². The first-order valence-corrected chi connectivity index (χ1v) is 8.59. The Morgan fingerprint density at radius 2 is 1.90 bits per heavy atom. The third-order valence-electron chi connectivity index (χ3n) is 2.78. The number of sulfonamides is 1. The average Bonchev–Trinajstić information content (AvgIpc) is 2.41. The minimum Gasteiger partial charge on any atom is -0.356 e. The molecule has 0 aromatic heterocycles. The summed E-state index contributed by atoms with van der Waals surface area (Å²) in [6.45, 7) is 2.96. The summed E-state index contributed by atoms with van der Waals surface area (Å²) in [7, 11) is -3.33. The van der Waals surface area contributed by atoms with Crippen LogP contribution in [0.25, 0.3) is 0 Å². The van der Waals surface area contributed by atoms with Crippen molar-refractivity contribution in [2.24, 2.45) is 0 Å². The van der Waals surface area contributed by atoms with Gasteiger partial charge in [-0.1, -0.05) is 25.1 Å². The van der Waals surface area contributed by atoms with E-state index in [-0.39, 0.29) is 5.91 Å². The molecule has 112 valence electrons. The number of amides is 1. The molecule has 1 aromatic carbocycles. The van der Waals surface area contributed by atoms with Crippen LogP contribution in [0.15, 0.2) is 30.3 Å². The van der Waals surface area contributed by atoms with Crippen LogP contribution in [-0.4, -0.2) is 33.7 Å². The predicted molar refractivity (Wildman–Crippen MR) is 81.2 cm³/mol. The molecule has 0 radical (unpaired) electrons. The highest BCUT2D eigenvalue weighted by molar-refractivity contribution is 7.92. The molecule has 6 heteroatoms. The van der Waals surface area contributed by atoms with E-state index in [0.29, 0.717) is 31.6 Å². The maximum absolute atomic E-state index is 11.8. The second kappa shape index (κ2) is 7.89. The summed E-state index contributed by atoms with van der Waals surface area (Å²) in [5.74, 6) is -0.0339. The number of rotatable bonds is 8. The SMILES string of the molecule is CCCNC(=O)CCCN(c1ccccc1)S(C)(=O)=O. The second-order valence-corrected chi connectivity index (χ2v) is 6.53. The Hall–Kier alpha value is -1.56. The smallest absolute Gasteiger partial charge is 0.232 e. The predicted octanol–water partition coefficient (Wildman–Crippen LogP) is 1.76. The zero-order valence-corrected chi connectivity index (χ0v) is 12.8. The van der Waals surface area contributed by atoms with Gasteiger partial charge in [-0.2, -0.15) is 0 Å². The third kappa shape index (κ3) is 5.61. The number of anilines is 1. The maximum Gasteiger partial charge on any atom is 0.232 e. The van der Waals surface area contributed by atoms with Gasteiger partial charge < -0.3 is 5.32 Å². The summed E-state index contributed by atoms with van der Waals surface area (Å²) in [6, 6.07) is 8.92. The van der Waals surface area contributed by atoms with Gasteiger partial charge in [0, 0.05) is 19.5 Å². The summed E-state index contributed by atoms with van der Waals surface area (Å²) in [4.78, 5) is 11.5. The topological polar surface area (TPSA) is 66.5 Å². The van der Waals surface area contributed by atoms with Crippen LogP contribution in [0.3, 0.4) is 0 Å². The number of benzene rings is 1. The Labute approximate surface area is 121 Å². The van der Waals surface area contributed by atoms with Crippen molar-refractivity contribution in [3.05, 3.63) is 30.3 Å². The molecule has 0 aliphatic heterocycles. The van der Waals surface area contributed by atoms with Gasteiger partial charge in [-0.05, 0) is 25.0 Å². The minimum atomic E-state index is -3.33. The summed E-state index contributed by atoms with van der Waals surface area (Å²) in [6.07, 6.45) is 2.90. The minimum absolute atomic E-state index is 0.0339. The molecule has 1 aromatic rings. The number of carbonyl (C=O) groups excluding carboxylic acids is 1. The van der Waals surface area contributed by atoms with Crippen molar-refractivity contribution in [2.45, 2.75) is 26.2 Å². The van der Waals surface area contributed by atoms with Crippen molar-refractivity contribution in [3.63, 3.8) is 0 Å². The van der Waals surface area contributed by atoms with Crippen molar-refractivity contribution < 1.29 is 13.2 Å². The Kier molecular flexibility index (Phi) is 6.51. The van der Waals surface area contributed by atoms with E-state index in [4.69, 9.17) is 0 Å². The maximum atomic E-state index is 11.8. The fourth-order valence-corrected chi connectivity index (χ4v) is 2.78. The Morgan fingerprint density at radius 3 is 2.45 bits per heavy atom. The molecular formula is C14H22N2O3S. The molecule has 0 spiro atoms. The van der Waals surface area contributed by atoms with E-state index in [1.54, 1.807) is 24.3 Å². The first-order chi connectivity index (χ1) is 9.45. The Morgan fingerprint density at radius 1 is 1.25 bits per heavy atom. The molecule has 20 heavy (non-hydrogen) atoms. The number of nitrogens with zero attached hydrogens (tertiary/aromatic N) is 1. The number of hydrogen-bond acceptors (Lipinski definition) is 3. The number of nitrogens with one attached hydrogen (secondary N) is 1. The molecule has 1 amide bonds. The molecular weight excluding hydrogens is 276 g/mol. The normalized spacial score (nSPS) is 11.1. The lowest BCUT2D eigenvalue weighted by molar-refractivity contribution is -0.121. The van der Waals surface area contributed by atoms with Crippen LogP contribution in [0.2, 0.25) is 0 Å². The van der Waals surface area contributed by atoms with E-state index in [1.807, 2.05) is 13.0 Å². The van der Waals surface area contributed by atoms with Crippen molar-refractivity contribution >= 4 is 21.6 Å². The van der Waals surface area contributed by atoms with Crippen LogP contribution >= 0.6 is 0 Å². The summed E-state index contributed by atoms with van der Waals surface area (Å²) < 4.78 is 24.9. The van der Waals surface area contributed by atoms with E-state index in [9.17, 15) is 13.2 Å². The van der Waals surface area contributed by atoms with Crippen molar-refractivity contribution in [1.82, 2.24) is 5.32 Å². The molecule has 0 unspecified atom stereocenters. The second-order valence-electron chi connectivity index (χ2n) is 4.62. The molecule has 0 saturated heterocycles. The lowest BCUT2D eigenvalue weighted by Crippen LogP contribution is -2.32. The Balaban J connectivity index is 2.58.